The average molecular weight is 269 g/mol. The minimum atomic E-state index is 0.360. The Labute approximate surface area is 119 Å². The highest BCUT2D eigenvalue weighted by atomic mass is 16.5. The van der Waals surface area contributed by atoms with Gasteiger partial charge in [0.05, 0.1) is 25.9 Å². The van der Waals surface area contributed by atoms with Gasteiger partial charge in [-0.2, -0.15) is 5.10 Å². The van der Waals surface area contributed by atoms with Gasteiger partial charge in [0.15, 0.2) is 0 Å². The zero-order valence-corrected chi connectivity index (χ0v) is 12.1. The predicted octanol–water partition coefficient (Wildman–Crippen LogP) is 1.87. The molecule has 2 N–H and O–H groups in total. The average Bonchev–Trinajstić information content (AvgIpc) is 2.75. The Morgan fingerprint density at radius 1 is 1.30 bits per heavy atom. The van der Waals surface area contributed by atoms with Crippen LogP contribution in [0.15, 0.2) is 24.3 Å². The Hall–Kier alpha value is -2.25. The van der Waals surface area contributed by atoms with Crippen molar-refractivity contribution >= 4 is 0 Å². The van der Waals surface area contributed by atoms with Gasteiger partial charge < -0.3 is 10.5 Å². The lowest BCUT2D eigenvalue weighted by Crippen LogP contribution is -2.06. The third kappa shape index (κ3) is 3.19. The van der Waals surface area contributed by atoms with E-state index in [9.17, 15) is 0 Å². The fourth-order valence-corrected chi connectivity index (χ4v) is 2.13. The van der Waals surface area contributed by atoms with Crippen LogP contribution in [-0.4, -0.2) is 23.4 Å². The zero-order chi connectivity index (χ0) is 14.5. The van der Waals surface area contributed by atoms with Crippen LogP contribution in [-0.2, 0) is 6.54 Å². The highest BCUT2D eigenvalue weighted by molar-refractivity contribution is 5.44. The molecule has 0 atom stereocenters. The molecular formula is C16H19N3O. The van der Waals surface area contributed by atoms with Gasteiger partial charge in [0.2, 0.25) is 0 Å². The highest BCUT2D eigenvalue weighted by Gasteiger charge is 2.07. The number of hydrogen-bond donors (Lipinski definition) is 1. The fraction of sp³-hybridized carbons (Fsp3) is 0.312. The Balaban J connectivity index is 2.35. The first-order chi connectivity index (χ1) is 9.63. The number of hydrogen-bond acceptors (Lipinski definition) is 3. The number of aromatic nitrogens is 2. The van der Waals surface area contributed by atoms with Crippen molar-refractivity contribution in [2.45, 2.75) is 20.4 Å². The van der Waals surface area contributed by atoms with Crippen molar-refractivity contribution in [3.8, 4) is 17.6 Å². The lowest BCUT2D eigenvalue weighted by atomic mass is 10.1. The lowest BCUT2D eigenvalue weighted by Gasteiger charge is -2.10. The number of nitrogens with two attached hydrogens (primary N) is 1. The van der Waals surface area contributed by atoms with Crippen molar-refractivity contribution in [2.24, 2.45) is 5.73 Å². The van der Waals surface area contributed by atoms with E-state index in [1.807, 2.05) is 36.7 Å². The summed E-state index contributed by atoms with van der Waals surface area (Å²) < 4.78 is 7.38. The van der Waals surface area contributed by atoms with Crippen LogP contribution < -0.4 is 10.5 Å². The molecule has 1 heterocycles. The van der Waals surface area contributed by atoms with E-state index in [1.165, 1.54) is 0 Å². The van der Waals surface area contributed by atoms with Crippen LogP contribution >= 0.6 is 0 Å². The van der Waals surface area contributed by atoms with Gasteiger partial charge >= 0.3 is 0 Å². The molecule has 0 bridgehead atoms. The number of benzene rings is 1. The maximum Gasteiger partial charge on any atom is 0.124 e. The van der Waals surface area contributed by atoms with Crippen molar-refractivity contribution in [3.05, 3.63) is 46.8 Å². The fourth-order valence-electron chi connectivity index (χ4n) is 2.13. The molecule has 0 amide bonds. The molecule has 0 spiro atoms. The van der Waals surface area contributed by atoms with Crippen molar-refractivity contribution in [3.63, 3.8) is 0 Å². The van der Waals surface area contributed by atoms with Crippen LogP contribution in [0.3, 0.4) is 0 Å². The van der Waals surface area contributed by atoms with E-state index in [2.05, 4.69) is 23.0 Å². The zero-order valence-electron chi connectivity index (χ0n) is 12.1. The molecule has 2 rings (SSSR count). The summed E-state index contributed by atoms with van der Waals surface area (Å²) >= 11 is 0. The van der Waals surface area contributed by atoms with Crippen molar-refractivity contribution in [2.75, 3.05) is 13.7 Å². The Morgan fingerprint density at radius 2 is 2.10 bits per heavy atom. The largest absolute Gasteiger partial charge is 0.496 e. The van der Waals surface area contributed by atoms with Gasteiger partial charge in [-0.3, -0.25) is 4.68 Å². The van der Waals surface area contributed by atoms with E-state index in [-0.39, 0.29) is 0 Å². The van der Waals surface area contributed by atoms with Crippen molar-refractivity contribution in [1.29, 1.82) is 0 Å². The van der Waals surface area contributed by atoms with E-state index < -0.39 is 0 Å². The van der Waals surface area contributed by atoms with E-state index in [0.29, 0.717) is 13.1 Å². The topological polar surface area (TPSA) is 53.1 Å². The van der Waals surface area contributed by atoms with E-state index in [0.717, 1.165) is 28.3 Å². The first kappa shape index (κ1) is 14.2. The van der Waals surface area contributed by atoms with Gasteiger partial charge in [0.1, 0.15) is 5.75 Å². The van der Waals surface area contributed by atoms with Crippen molar-refractivity contribution < 1.29 is 4.74 Å². The SMILES string of the molecule is COc1ccc(C#CCN)cc1Cn1nc(C)cc1C. The molecule has 0 aliphatic heterocycles. The summed E-state index contributed by atoms with van der Waals surface area (Å²) in [5.74, 6) is 6.75. The second-order valence-corrected chi connectivity index (χ2v) is 4.62. The number of aryl methyl sites for hydroxylation is 2. The van der Waals surface area contributed by atoms with E-state index in [4.69, 9.17) is 10.5 Å². The van der Waals surface area contributed by atoms with Gasteiger partial charge in [0, 0.05) is 16.8 Å². The summed E-state index contributed by atoms with van der Waals surface area (Å²) in [6.45, 7) is 5.06. The number of nitrogens with zero attached hydrogens (tertiary/aromatic N) is 2. The van der Waals surface area contributed by atoms with Crippen LogP contribution in [0.25, 0.3) is 0 Å². The maximum absolute atomic E-state index is 5.41. The van der Waals surface area contributed by atoms with Crippen LogP contribution in [0.5, 0.6) is 5.75 Å². The molecular weight excluding hydrogens is 250 g/mol. The quantitative estimate of drug-likeness (QED) is 0.865. The second-order valence-electron chi connectivity index (χ2n) is 4.62. The molecule has 0 aliphatic rings. The first-order valence-corrected chi connectivity index (χ1v) is 6.51. The van der Waals surface area contributed by atoms with Gasteiger partial charge in [-0.1, -0.05) is 11.8 Å². The summed E-state index contributed by atoms with van der Waals surface area (Å²) in [6.07, 6.45) is 0. The van der Waals surface area contributed by atoms with Gasteiger partial charge in [0.25, 0.3) is 0 Å². The molecule has 20 heavy (non-hydrogen) atoms. The monoisotopic (exact) mass is 269 g/mol. The molecule has 1 aromatic carbocycles. The summed E-state index contributed by atoms with van der Waals surface area (Å²) in [4.78, 5) is 0. The molecule has 1 aromatic heterocycles. The molecule has 4 heteroatoms. The van der Waals surface area contributed by atoms with Gasteiger partial charge in [-0.05, 0) is 38.1 Å². The van der Waals surface area contributed by atoms with Crippen LogP contribution in [0, 0.1) is 25.7 Å². The minimum Gasteiger partial charge on any atom is -0.496 e. The van der Waals surface area contributed by atoms with Crippen LogP contribution in [0.2, 0.25) is 0 Å². The molecule has 0 unspecified atom stereocenters. The molecule has 0 radical (unpaired) electrons. The molecule has 4 nitrogen and oxygen atoms in total. The maximum atomic E-state index is 5.41. The summed E-state index contributed by atoms with van der Waals surface area (Å²) in [7, 11) is 1.67. The molecule has 2 aromatic rings. The summed E-state index contributed by atoms with van der Waals surface area (Å²) in [6, 6.07) is 7.95. The number of methoxy groups -OCH3 is 1. The minimum absolute atomic E-state index is 0.360. The molecule has 0 fully saturated rings. The molecule has 0 saturated heterocycles. The highest BCUT2D eigenvalue weighted by Crippen LogP contribution is 2.21. The summed E-state index contributed by atoms with van der Waals surface area (Å²) in [5.41, 5.74) is 9.54. The third-order valence-corrected chi connectivity index (χ3v) is 3.04. The third-order valence-electron chi connectivity index (χ3n) is 3.04. The Bertz CT molecular complexity index is 662. The molecule has 104 valence electrons. The Morgan fingerprint density at radius 3 is 2.70 bits per heavy atom. The number of rotatable bonds is 3. The Kier molecular flexibility index (Phi) is 4.44. The summed E-state index contributed by atoms with van der Waals surface area (Å²) in [5, 5.41) is 4.48. The lowest BCUT2D eigenvalue weighted by molar-refractivity contribution is 0.407. The normalized spacial score (nSPS) is 10.0. The van der Waals surface area contributed by atoms with Crippen molar-refractivity contribution in [1.82, 2.24) is 9.78 Å². The molecule has 0 saturated carbocycles. The second kappa shape index (κ2) is 6.27. The number of ether oxygens (including phenoxy) is 1. The standard InChI is InChI=1S/C16H19N3O/c1-12-9-13(2)19(18-12)11-15-10-14(5-4-8-17)6-7-16(15)20-3/h6-7,9-10H,8,11,17H2,1-3H3. The van der Waals surface area contributed by atoms with E-state index in [1.54, 1.807) is 7.11 Å². The van der Waals surface area contributed by atoms with E-state index >= 15 is 0 Å². The van der Waals surface area contributed by atoms with Crippen LogP contribution in [0.4, 0.5) is 0 Å². The first-order valence-electron chi connectivity index (χ1n) is 6.51. The predicted molar refractivity (Wildman–Crippen MR) is 79.7 cm³/mol. The smallest absolute Gasteiger partial charge is 0.124 e. The molecule has 0 aliphatic carbocycles. The van der Waals surface area contributed by atoms with Crippen LogP contribution in [0.1, 0.15) is 22.5 Å². The van der Waals surface area contributed by atoms with Gasteiger partial charge in [-0.15, -0.1) is 0 Å². The van der Waals surface area contributed by atoms with Gasteiger partial charge in [-0.25, -0.2) is 0 Å².